The van der Waals surface area contributed by atoms with Gasteiger partial charge in [-0.2, -0.15) is 0 Å². The second kappa shape index (κ2) is 6.86. The Kier molecular flexibility index (Phi) is 4.55. The van der Waals surface area contributed by atoms with E-state index in [1.54, 1.807) is 12.1 Å². The number of halogens is 2. The second-order valence-electron chi connectivity index (χ2n) is 6.63. The number of hydrogen-bond donors (Lipinski definition) is 2. The van der Waals surface area contributed by atoms with Gasteiger partial charge in [0.1, 0.15) is 5.69 Å². The minimum absolute atomic E-state index is 0.227. The lowest BCUT2D eigenvalue weighted by Crippen LogP contribution is -2.17. The van der Waals surface area contributed by atoms with Crippen molar-refractivity contribution in [3.63, 3.8) is 0 Å². The number of nitrogens with zero attached hydrogens (tertiary/aromatic N) is 1. The van der Waals surface area contributed by atoms with Crippen LogP contribution in [-0.4, -0.2) is 29.1 Å². The zero-order chi connectivity index (χ0) is 18.3. The molecule has 4 nitrogen and oxygen atoms in total. The van der Waals surface area contributed by atoms with Crippen LogP contribution < -0.4 is 4.90 Å². The summed E-state index contributed by atoms with van der Waals surface area (Å²) in [5, 5.41) is 11.5. The summed E-state index contributed by atoms with van der Waals surface area (Å²) in [6.07, 6.45) is 2.87. The van der Waals surface area contributed by atoms with Crippen molar-refractivity contribution in [1.29, 1.82) is 0 Å². The first-order valence-corrected chi connectivity index (χ1v) is 9.35. The van der Waals surface area contributed by atoms with Crippen LogP contribution in [0.25, 0.3) is 10.9 Å². The molecular weight excluding hydrogens is 371 g/mol. The number of H-pyrrole nitrogens is 1. The lowest BCUT2D eigenvalue weighted by molar-refractivity contribution is 0.0690. The summed E-state index contributed by atoms with van der Waals surface area (Å²) in [6, 6.07) is 11.5. The summed E-state index contributed by atoms with van der Waals surface area (Å²) in [7, 11) is 0. The minimum atomic E-state index is -0.959. The Morgan fingerprint density at radius 2 is 1.85 bits per heavy atom. The molecule has 0 radical (unpaired) electrons. The lowest BCUT2D eigenvalue weighted by Gasteiger charge is -2.17. The monoisotopic (exact) mass is 388 g/mol. The molecule has 0 bridgehead atoms. The van der Waals surface area contributed by atoms with Crippen molar-refractivity contribution in [3.05, 3.63) is 63.3 Å². The summed E-state index contributed by atoms with van der Waals surface area (Å²) in [5.41, 5.74) is 3.90. The normalized spacial score (nSPS) is 14.3. The molecule has 2 heterocycles. The molecule has 134 valence electrons. The van der Waals surface area contributed by atoms with Gasteiger partial charge in [-0.05, 0) is 54.3 Å². The van der Waals surface area contributed by atoms with Crippen LogP contribution in [0.2, 0.25) is 10.0 Å². The average molecular weight is 389 g/mol. The van der Waals surface area contributed by atoms with Gasteiger partial charge >= 0.3 is 5.97 Å². The summed E-state index contributed by atoms with van der Waals surface area (Å²) < 4.78 is 0. The topological polar surface area (TPSA) is 56.3 Å². The van der Waals surface area contributed by atoms with Gasteiger partial charge in [-0.25, -0.2) is 4.79 Å². The van der Waals surface area contributed by atoms with E-state index in [4.69, 9.17) is 23.2 Å². The number of carboxylic acid groups (broad SMARTS) is 1. The number of aromatic amines is 1. The molecule has 0 aliphatic carbocycles. The SMILES string of the molecule is O=C(O)c1[nH]c2ccc(N3CCCC3)cc2c1Cc1ccc(Cl)c(Cl)c1. The van der Waals surface area contributed by atoms with Gasteiger partial charge in [-0.3, -0.25) is 0 Å². The van der Waals surface area contributed by atoms with E-state index in [0.717, 1.165) is 40.8 Å². The minimum Gasteiger partial charge on any atom is -0.477 e. The molecular formula is C20H18Cl2N2O2. The molecule has 6 heteroatoms. The van der Waals surface area contributed by atoms with Gasteiger partial charge in [0.15, 0.2) is 0 Å². The zero-order valence-electron chi connectivity index (χ0n) is 14.1. The molecule has 0 unspecified atom stereocenters. The summed E-state index contributed by atoms with van der Waals surface area (Å²) >= 11 is 12.1. The number of carbonyl (C=O) groups is 1. The smallest absolute Gasteiger partial charge is 0.352 e. The highest BCUT2D eigenvalue weighted by molar-refractivity contribution is 6.42. The van der Waals surface area contributed by atoms with Crippen molar-refractivity contribution < 1.29 is 9.90 Å². The van der Waals surface area contributed by atoms with E-state index < -0.39 is 5.97 Å². The number of carboxylic acids is 1. The largest absolute Gasteiger partial charge is 0.477 e. The molecule has 1 aliphatic heterocycles. The third kappa shape index (κ3) is 3.15. The fraction of sp³-hybridized carbons (Fsp3) is 0.250. The first-order chi connectivity index (χ1) is 12.5. The molecule has 26 heavy (non-hydrogen) atoms. The van der Waals surface area contributed by atoms with Crippen LogP contribution in [-0.2, 0) is 6.42 Å². The number of anilines is 1. The molecule has 1 fully saturated rings. The maximum absolute atomic E-state index is 11.8. The highest BCUT2D eigenvalue weighted by Crippen LogP contribution is 2.32. The van der Waals surface area contributed by atoms with Gasteiger partial charge in [-0.1, -0.05) is 29.3 Å². The third-order valence-electron chi connectivity index (χ3n) is 4.94. The summed E-state index contributed by atoms with van der Waals surface area (Å²) in [6.45, 7) is 2.09. The molecule has 0 saturated carbocycles. The van der Waals surface area contributed by atoms with Gasteiger partial charge in [0.2, 0.25) is 0 Å². The molecule has 3 aromatic rings. The molecule has 1 aliphatic rings. The molecule has 2 N–H and O–H groups in total. The van der Waals surface area contributed by atoms with Crippen molar-refractivity contribution in [2.45, 2.75) is 19.3 Å². The standard InChI is InChI=1S/C20H18Cl2N2O2/c21-16-5-3-12(10-17(16)22)9-15-14-11-13(24-7-1-2-8-24)4-6-18(14)23-19(15)20(25)26/h3-6,10-11,23H,1-2,7-9H2,(H,25,26). The Hall–Kier alpha value is -2.17. The number of benzene rings is 2. The first-order valence-electron chi connectivity index (χ1n) is 8.59. The highest BCUT2D eigenvalue weighted by Gasteiger charge is 2.20. The zero-order valence-corrected chi connectivity index (χ0v) is 15.6. The highest BCUT2D eigenvalue weighted by atomic mass is 35.5. The Morgan fingerprint density at radius 1 is 1.08 bits per heavy atom. The quantitative estimate of drug-likeness (QED) is 0.631. The van der Waals surface area contributed by atoms with Gasteiger partial charge in [-0.15, -0.1) is 0 Å². The van der Waals surface area contributed by atoms with Crippen molar-refractivity contribution in [1.82, 2.24) is 4.98 Å². The number of nitrogens with one attached hydrogen (secondary N) is 1. The number of aromatic carboxylic acids is 1. The number of hydrogen-bond acceptors (Lipinski definition) is 2. The number of fused-ring (bicyclic) bond motifs is 1. The number of rotatable bonds is 4. The van der Waals surface area contributed by atoms with E-state index >= 15 is 0 Å². The van der Waals surface area contributed by atoms with Gasteiger partial charge < -0.3 is 15.0 Å². The fourth-order valence-electron chi connectivity index (χ4n) is 3.63. The van der Waals surface area contributed by atoms with Crippen LogP contribution >= 0.6 is 23.2 Å². The molecule has 4 rings (SSSR count). The van der Waals surface area contributed by atoms with Gasteiger partial charge in [0.25, 0.3) is 0 Å². The molecule has 1 saturated heterocycles. The van der Waals surface area contributed by atoms with E-state index in [0.29, 0.717) is 16.5 Å². The van der Waals surface area contributed by atoms with E-state index in [1.807, 2.05) is 12.1 Å². The predicted molar refractivity (Wildman–Crippen MR) is 106 cm³/mol. The van der Waals surface area contributed by atoms with Crippen LogP contribution in [0, 0.1) is 0 Å². The first kappa shape index (κ1) is 17.3. The van der Waals surface area contributed by atoms with Crippen LogP contribution in [0.15, 0.2) is 36.4 Å². The van der Waals surface area contributed by atoms with Gasteiger partial charge in [0, 0.05) is 36.1 Å². The van der Waals surface area contributed by atoms with Crippen molar-refractivity contribution >= 4 is 45.8 Å². The Labute approximate surface area is 161 Å². The van der Waals surface area contributed by atoms with Crippen LogP contribution in [0.5, 0.6) is 0 Å². The maximum Gasteiger partial charge on any atom is 0.352 e. The second-order valence-corrected chi connectivity index (χ2v) is 7.45. The number of aromatic nitrogens is 1. The van der Waals surface area contributed by atoms with Crippen LogP contribution in [0.1, 0.15) is 34.5 Å². The predicted octanol–water partition coefficient (Wildman–Crippen LogP) is 5.36. The Bertz CT molecular complexity index is 991. The van der Waals surface area contributed by atoms with Crippen LogP contribution in [0.4, 0.5) is 5.69 Å². The molecule has 0 spiro atoms. The van der Waals surface area contributed by atoms with Gasteiger partial charge in [0.05, 0.1) is 10.0 Å². The Morgan fingerprint density at radius 3 is 2.54 bits per heavy atom. The Balaban J connectivity index is 1.81. The molecule has 0 amide bonds. The lowest BCUT2D eigenvalue weighted by atomic mass is 10.0. The van der Waals surface area contributed by atoms with E-state index in [1.165, 1.54) is 12.8 Å². The van der Waals surface area contributed by atoms with E-state index in [9.17, 15) is 9.90 Å². The maximum atomic E-state index is 11.8. The average Bonchev–Trinajstić information content (AvgIpc) is 3.26. The van der Waals surface area contributed by atoms with Crippen molar-refractivity contribution in [2.75, 3.05) is 18.0 Å². The molecule has 0 atom stereocenters. The van der Waals surface area contributed by atoms with E-state index in [-0.39, 0.29) is 5.69 Å². The summed E-state index contributed by atoms with van der Waals surface area (Å²) in [4.78, 5) is 17.1. The van der Waals surface area contributed by atoms with Crippen molar-refractivity contribution in [3.8, 4) is 0 Å². The summed E-state index contributed by atoms with van der Waals surface area (Å²) in [5.74, 6) is -0.959. The van der Waals surface area contributed by atoms with Crippen molar-refractivity contribution in [2.24, 2.45) is 0 Å². The van der Waals surface area contributed by atoms with Crippen LogP contribution in [0.3, 0.4) is 0 Å². The fourth-order valence-corrected chi connectivity index (χ4v) is 3.95. The molecule has 2 aromatic carbocycles. The van der Waals surface area contributed by atoms with E-state index in [2.05, 4.69) is 22.0 Å². The molecule has 1 aromatic heterocycles. The third-order valence-corrected chi connectivity index (χ3v) is 5.68.